The first-order valence-electron chi connectivity index (χ1n) is 10.4. The van der Waals surface area contributed by atoms with Gasteiger partial charge in [-0.25, -0.2) is 9.18 Å². The fourth-order valence-electron chi connectivity index (χ4n) is 5.82. The molecular formula is C22H27FN2O4. The van der Waals surface area contributed by atoms with Crippen molar-refractivity contribution >= 4 is 23.5 Å². The number of rotatable bonds is 6. The van der Waals surface area contributed by atoms with Gasteiger partial charge in [-0.15, -0.1) is 0 Å². The maximum Gasteiger partial charge on any atom is 0.328 e. The lowest BCUT2D eigenvalue weighted by molar-refractivity contribution is -0.154. The van der Waals surface area contributed by atoms with Crippen molar-refractivity contribution in [2.75, 3.05) is 11.9 Å². The molecule has 6 nitrogen and oxygen atoms in total. The Morgan fingerprint density at radius 3 is 2.34 bits per heavy atom. The highest BCUT2D eigenvalue weighted by atomic mass is 19.1. The van der Waals surface area contributed by atoms with Crippen molar-refractivity contribution in [2.24, 2.45) is 23.2 Å². The van der Waals surface area contributed by atoms with E-state index < -0.39 is 30.3 Å². The number of ether oxygens (including phenoxy) is 1. The summed E-state index contributed by atoms with van der Waals surface area (Å²) in [5, 5.41) is 5.29. The van der Waals surface area contributed by atoms with Crippen LogP contribution in [0.1, 0.15) is 45.4 Å². The molecule has 0 aromatic heterocycles. The number of benzene rings is 1. The van der Waals surface area contributed by atoms with E-state index in [2.05, 4.69) is 10.6 Å². The summed E-state index contributed by atoms with van der Waals surface area (Å²) >= 11 is 0. The lowest BCUT2D eigenvalue weighted by Crippen LogP contribution is -2.56. The van der Waals surface area contributed by atoms with Crippen molar-refractivity contribution in [3.63, 3.8) is 0 Å². The van der Waals surface area contributed by atoms with E-state index in [-0.39, 0.29) is 17.0 Å². The van der Waals surface area contributed by atoms with E-state index in [4.69, 9.17) is 4.74 Å². The summed E-state index contributed by atoms with van der Waals surface area (Å²) in [5.74, 6) is 0.175. The highest BCUT2D eigenvalue weighted by molar-refractivity contribution is 5.93. The Hall–Kier alpha value is -2.44. The maximum atomic E-state index is 13.2. The number of carbonyl (C=O) groups excluding carboxylic acids is 3. The molecule has 4 saturated carbocycles. The van der Waals surface area contributed by atoms with Gasteiger partial charge in [-0.1, -0.05) is 6.07 Å². The van der Waals surface area contributed by atoms with Gasteiger partial charge in [0.15, 0.2) is 6.61 Å². The number of hydrogen-bond donors (Lipinski definition) is 2. The van der Waals surface area contributed by atoms with Gasteiger partial charge in [-0.2, -0.15) is 0 Å². The van der Waals surface area contributed by atoms with E-state index in [9.17, 15) is 18.8 Å². The molecule has 1 atom stereocenters. The number of esters is 1. The highest BCUT2D eigenvalue weighted by Gasteiger charge is 2.54. The van der Waals surface area contributed by atoms with E-state index in [0.717, 1.165) is 19.3 Å². The largest absolute Gasteiger partial charge is 0.454 e. The van der Waals surface area contributed by atoms with Gasteiger partial charge < -0.3 is 15.4 Å². The monoisotopic (exact) mass is 402 g/mol. The molecule has 0 saturated heterocycles. The van der Waals surface area contributed by atoms with Gasteiger partial charge in [0.25, 0.3) is 5.91 Å². The zero-order valence-corrected chi connectivity index (χ0v) is 16.6. The Bertz CT molecular complexity index is 790. The van der Waals surface area contributed by atoms with Crippen LogP contribution in [0.2, 0.25) is 0 Å². The fraction of sp³-hybridized carbons (Fsp3) is 0.591. The average Bonchev–Trinajstić information content (AvgIpc) is 2.65. The van der Waals surface area contributed by atoms with Crippen LogP contribution in [0.15, 0.2) is 24.3 Å². The van der Waals surface area contributed by atoms with Crippen molar-refractivity contribution in [1.29, 1.82) is 0 Å². The van der Waals surface area contributed by atoms with Gasteiger partial charge in [0.1, 0.15) is 11.9 Å². The molecule has 2 amide bonds. The second-order valence-electron chi connectivity index (χ2n) is 9.06. The lowest BCUT2D eigenvalue weighted by Gasteiger charge is -2.55. The highest BCUT2D eigenvalue weighted by Crippen LogP contribution is 2.60. The number of halogens is 1. The molecule has 0 spiro atoms. The van der Waals surface area contributed by atoms with Crippen LogP contribution in [0.4, 0.5) is 10.1 Å². The van der Waals surface area contributed by atoms with Crippen molar-refractivity contribution in [2.45, 2.75) is 51.5 Å². The number of carbonyl (C=O) groups is 3. The summed E-state index contributed by atoms with van der Waals surface area (Å²) in [4.78, 5) is 37.1. The summed E-state index contributed by atoms with van der Waals surface area (Å²) in [7, 11) is 0. The molecule has 2 N–H and O–H groups in total. The van der Waals surface area contributed by atoms with Crippen molar-refractivity contribution < 1.29 is 23.5 Å². The Kier molecular flexibility index (Phi) is 5.32. The molecule has 1 aromatic rings. The first-order valence-corrected chi connectivity index (χ1v) is 10.4. The second-order valence-corrected chi connectivity index (χ2v) is 9.06. The number of anilines is 1. The van der Waals surface area contributed by atoms with E-state index in [1.807, 2.05) is 0 Å². The molecule has 4 aliphatic rings. The molecule has 0 aliphatic heterocycles. The predicted octanol–water partition coefficient (Wildman–Crippen LogP) is 3.03. The molecule has 29 heavy (non-hydrogen) atoms. The zero-order chi connectivity index (χ0) is 20.6. The number of hydrogen-bond acceptors (Lipinski definition) is 4. The smallest absolute Gasteiger partial charge is 0.328 e. The Morgan fingerprint density at radius 2 is 1.76 bits per heavy atom. The molecule has 0 unspecified atom stereocenters. The minimum absolute atomic E-state index is 0.0507. The second kappa shape index (κ2) is 7.76. The van der Waals surface area contributed by atoms with Crippen molar-refractivity contribution in [1.82, 2.24) is 5.32 Å². The Labute approximate surface area is 169 Å². The summed E-state index contributed by atoms with van der Waals surface area (Å²) in [6.07, 6.45) is 6.48. The van der Waals surface area contributed by atoms with Gasteiger partial charge >= 0.3 is 5.97 Å². The summed E-state index contributed by atoms with van der Waals surface area (Å²) in [6.45, 7) is 1.08. The van der Waals surface area contributed by atoms with Gasteiger partial charge in [0, 0.05) is 11.1 Å². The quantitative estimate of drug-likeness (QED) is 0.717. The molecular weight excluding hydrogens is 375 g/mol. The lowest BCUT2D eigenvalue weighted by atomic mass is 9.49. The van der Waals surface area contributed by atoms with Crippen molar-refractivity contribution in [3.05, 3.63) is 30.1 Å². The molecule has 4 aliphatic carbocycles. The minimum atomic E-state index is -0.822. The summed E-state index contributed by atoms with van der Waals surface area (Å²) in [6, 6.07) is 4.63. The summed E-state index contributed by atoms with van der Waals surface area (Å²) in [5.41, 5.74) is -0.0490. The van der Waals surface area contributed by atoms with Gasteiger partial charge in [-0.05, 0) is 81.4 Å². The van der Waals surface area contributed by atoms with Gasteiger partial charge in [0.2, 0.25) is 5.91 Å². The van der Waals surface area contributed by atoms with E-state index in [0.29, 0.717) is 17.8 Å². The molecule has 5 rings (SSSR count). The number of nitrogens with one attached hydrogen (secondary N) is 2. The minimum Gasteiger partial charge on any atom is -0.454 e. The van der Waals surface area contributed by atoms with Crippen LogP contribution in [0.3, 0.4) is 0 Å². The standard InChI is InChI=1S/C22H27FN2O4/c1-13(20(27)29-12-19(26)25-18-4-2-3-17(23)8-18)24-21(28)22-9-14-5-15(10-22)7-16(6-14)11-22/h2-4,8,13-16H,5-7,9-12H2,1H3,(H,24,28)(H,25,26)/t13-,14?,15?,16?,22?/m0/s1. The number of amides is 2. The normalized spacial score (nSPS) is 30.5. The van der Waals surface area contributed by atoms with E-state index >= 15 is 0 Å². The van der Waals surface area contributed by atoms with Crippen LogP contribution >= 0.6 is 0 Å². The zero-order valence-electron chi connectivity index (χ0n) is 16.6. The summed E-state index contributed by atoms with van der Waals surface area (Å²) < 4.78 is 18.2. The molecule has 4 fully saturated rings. The third kappa shape index (κ3) is 4.28. The van der Waals surface area contributed by atoms with Gasteiger partial charge in [0.05, 0.1) is 0 Å². The van der Waals surface area contributed by atoms with Crippen LogP contribution in [-0.2, 0) is 19.1 Å². The van der Waals surface area contributed by atoms with Crippen LogP contribution in [0.5, 0.6) is 0 Å². The van der Waals surface area contributed by atoms with E-state index in [1.54, 1.807) is 6.92 Å². The van der Waals surface area contributed by atoms with Gasteiger partial charge in [-0.3, -0.25) is 9.59 Å². The third-order valence-corrected chi connectivity index (χ3v) is 6.67. The third-order valence-electron chi connectivity index (χ3n) is 6.67. The van der Waals surface area contributed by atoms with Crippen LogP contribution in [0.25, 0.3) is 0 Å². The molecule has 0 heterocycles. The van der Waals surface area contributed by atoms with Crippen LogP contribution in [0, 0.1) is 29.0 Å². The van der Waals surface area contributed by atoms with Crippen LogP contribution < -0.4 is 10.6 Å². The van der Waals surface area contributed by atoms with Crippen LogP contribution in [-0.4, -0.2) is 30.4 Å². The first kappa shape index (κ1) is 19.9. The molecule has 156 valence electrons. The first-order chi connectivity index (χ1) is 13.8. The van der Waals surface area contributed by atoms with Crippen molar-refractivity contribution in [3.8, 4) is 0 Å². The molecule has 4 bridgehead atoms. The Morgan fingerprint density at radius 1 is 1.14 bits per heavy atom. The predicted molar refractivity (Wildman–Crippen MR) is 104 cm³/mol. The van der Waals surface area contributed by atoms with E-state index in [1.165, 1.54) is 43.5 Å². The average molecular weight is 402 g/mol. The SMILES string of the molecule is C[C@H](NC(=O)C12CC3CC(CC(C3)C1)C2)C(=O)OCC(=O)Nc1cccc(F)c1. The molecule has 1 aromatic carbocycles. The Balaban J connectivity index is 1.26. The molecule has 0 radical (unpaired) electrons. The fourth-order valence-corrected chi connectivity index (χ4v) is 5.82. The topological polar surface area (TPSA) is 84.5 Å². The maximum absolute atomic E-state index is 13.2. The molecule has 7 heteroatoms.